The number of nitrogens with zero attached hydrogens (tertiary/aromatic N) is 3. The SMILES string of the molecule is CCNCc1ccc(N2CCCC2CC)nn1. The van der Waals surface area contributed by atoms with Crippen molar-refractivity contribution in [3.63, 3.8) is 0 Å². The third-order valence-electron chi connectivity index (χ3n) is 3.40. The zero-order valence-corrected chi connectivity index (χ0v) is 10.8. The molecule has 0 aliphatic carbocycles. The largest absolute Gasteiger partial charge is 0.352 e. The molecule has 0 saturated carbocycles. The van der Waals surface area contributed by atoms with Crippen LogP contribution in [0.2, 0.25) is 0 Å². The van der Waals surface area contributed by atoms with Crippen LogP contribution in [0, 0.1) is 0 Å². The van der Waals surface area contributed by atoms with Crippen LogP contribution in [0.25, 0.3) is 0 Å². The van der Waals surface area contributed by atoms with E-state index in [1.54, 1.807) is 0 Å². The molecule has 0 aromatic carbocycles. The molecule has 0 amide bonds. The minimum absolute atomic E-state index is 0.656. The van der Waals surface area contributed by atoms with Crippen LogP contribution in [0.3, 0.4) is 0 Å². The molecular formula is C13H22N4. The van der Waals surface area contributed by atoms with Crippen LogP contribution in [0.4, 0.5) is 5.82 Å². The van der Waals surface area contributed by atoms with Crippen LogP contribution < -0.4 is 10.2 Å². The second-order valence-electron chi connectivity index (χ2n) is 4.56. The van der Waals surface area contributed by atoms with Crippen LogP contribution in [-0.4, -0.2) is 29.3 Å². The summed E-state index contributed by atoms with van der Waals surface area (Å²) in [5.41, 5.74) is 1.02. The fourth-order valence-electron chi connectivity index (χ4n) is 2.42. The Bertz CT molecular complexity index is 336. The lowest BCUT2D eigenvalue weighted by atomic mass is 10.2. The van der Waals surface area contributed by atoms with E-state index in [0.29, 0.717) is 6.04 Å². The highest BCUT2D eigenvalue weighted by Crippen LogP contribution is 2.24. The molecule has 1 saturated heterocycles. The summed E-state index contributed by atoms with van der Waals surface area (Å²) in [4.78, 5) is 2.39. The fraction of sp³-hybridized carbons (Fsp3) is 0.692. The van der Waals surface area contributed by atoms with Gasteiger partial charge in [-0.2, -0.15) is 5.10 Å². The summed E-state index contributed by atoms with van der Waals surface area (Å²) < 4.78 is 0. The molecule has 1 N–H and O–H groups in total. The molecule has 1 atom stereocenters. The van der Waals surface area contributed by atoms with Crippen LogP contribution in [0.15, 0.2) is 12.1 Å². The average molecular weight is 234 g/mol. The zero-order valence-electron chi connectivity index (χ0n) is 10.8. The minimum atomic E-state index is 0.656. The molecule has 94 valence electrons. The Balaban J connectivity index is 2.01. The van der Waals surface area contributed by atoms with Crippen LogP contribution >= 0.6 is 0 Å². The standard InChI is InChI=1S/C13H22N4/c1-3-12-6-5-9-17(12)13-8-7-11(15-16-13)10-14-4-2/h7-8,12,14H,3-6,9-10H2,1-2H3. The monoisotopic (exact) mass is 234 g/mol. The first-order valence-electron chi connectivity index (χ1n) is 6.65. The summed E-state index contributed by atoms with van der Waals surface area (Å²) >= 11 is 0. The summed E-state index contributed by atoms with van der Waals surface area (Å²) in [7, 11) is 0. The highest BCUT2D eigenvalue weighted by molar-refractivity contribution is 5.40. The van der Waals surface area contributed by atoms with Crippen LogP contribution in [-0.2, 0) is 6.54 Å². The fourth-order valence-corrected chi connectivity index (χ4v) is 2.42. The third-order valence-corrected chi connectivity index (χ3v) is 3.40. The summed E-state index contributed by atoms with van der Waals surface area (Å²) in [5, 5.41) is 11.9. The van der Waals surface area contributed by atoms with Crippen LogP contribution in [0.5, 0.6) is 0 Å². The molecule has 4 nitrogen and oxygen atoms in total. The minimum Gasteiger partial charge on any atom is -0.352 e. The summed E-state index contributed by atoms with van der Waals surface area (Å²) in [5.74, 6) is 1.04. The summed E-state index contributed by atoms with van der Waals surface area (Å²) in [6, 6.07) is 4.84. The molecule has 2 rings (SSSR count). The van der Waals surface area contributed by atoms with Gasteiger partial charge in [0.05, 0.1) is 5.69 Å². The van der Waals surface area contributed by atoms with Crippen molar-refractivity contribution in [1.82, 2.24) is 15.5 Å². The molecule has 1 unspecified atom stereocenters. The Morgan fingerprint density at radius 3 is 2.88 bits per heavy atom. The highest BCUT2D eigenvalue weighted by atomic mass is 15.3. The summed E-state index contributed by atoms with van der Waals surface area (Å²) in [6.07, 6.45) is 3.76. The molecule has 1 aromatic rings. The first-order chi connectivity index (χ1) is 8.35. The first kappa shape index (κ1) is 12.3. The van der Waals surface area contributed by atoms with Gasteiger partial charge in [0.1, 0.15) is 0 Å². The number of anilines is 1. The van der Waals surface area contributed by atoms with Gasteiger partial charge in [-0.3, -0.25) is 0 Å². The molecule has 0 bridgehead atoms. The maximum Gasteiger partial charge on any atom is 0.151 e. The van der Waals surface area contributed by atoms with Crippen molar-refractivity contribution < 1.29 is 0 Å². The molecule has 1 aliphatic heterocycles. The van der Waals surface area contributed by atoms with E-state index in [1.807, 2.05) is 0 Å². The van der Waals surface area contributed by atoms with Gasteiger partial charge in [-0.05, 0) is 37.9 Å². The highest BCUT2D eigenvalue weighted by Gasteiger charge is 2.23. The molecule has 17 heavy (non-hydrogen) atoms. The van der Waals surface area contributed by atoms with Gasteiger partial charge in [0, 0.05) is 19.1 Å². The van der Waals surface area contributed by atoms with Gasteiger partial charge in [0.25, 0.3) is 0 Å². The number of nitrogens with one attached hydrogen (secondary N) is 1. The van der Waals surface area contributed by atoms with Gasteiger partial charge < -0.3 is 10.2 Å². The lowest BCUT2D eigenvalue weighted by Crippen LogP contribution is -2.29. The predicted molar refractivity (Wildman–Crippen MR) is 70.1 cm³/mol. The summed E-state index contributed by atoms with van der Waals surface area (Å²) in [6.45, 7) is 7.24. The first-order valence-corrected chi connectivity index (χ1v) is 6.65. The van der Waals surface area contributed by atoms with Crippen molar-refractivity contribution in [2.45, 2.75) is 45.7 Å². The molecule has 4 heteroatoms. The maximum atomic E-state index is 4.35. The van der Waals surface area contributed by atoms with Crippen molar-refractivity contribution in [3.8, 4) is 0 Å². The van der Waals surface area contributed by atoms with Gasteiger partial charge in [-0.15, -0.1) is 5.10 Å². The van der Waals surface area contributed by atoms with Gasteiger partial charge in [-0.25, -0.2) is 0 Å². The van der Waals surface area contributed by atoms with E-state index in [1.165, 1.54) is 19.3 Å². The average Bonchev–Trinajstić information content (AvgIpc) is 2.85. The Morgan fingerprint density at radius 2 is 2.24 bits per heavy atom. The van der Waals surface area contributed by atoms with Gasteiger partial charge >= 0.3 is 0 Å². The molecule has 0 radical (unpaired) electrons. The molecule has 1 aliphatic rings. The van der Waals surface area contributed by atoms with Crippen molar-refractivity contribution in [1.29, 1.82) is 0 Å². The molecule has 0 spiro atoms. The van der Waals surface area contributed by atoms with E-state index < -0.39 is 0 Å². The third kappa shape index (κ3) is 2.94. The van der Waals surface area contributed by atoms with Gasteiger partial charge in [-0.1, -0.05) is 13.8 Å². The van der Waals surface area contributed by atoms with E-state index in [4.69, 9.17) is 0 Å². The second kappa shape index (κ2) is 5.96. The van der Waals surface area contributed by atoms with Crippen molar-refractivity contribution in [2.75, 3.05) is 18.0 Å². The van der Waals surface area contributed by atoms with Crippen LogP contribution in [0.1, 0.15) is 38.8 Å². The zero-order chi connectivity index (χ0) is 12.1. The Labute approximate surface area is 103 Å². The second-order valence-corrected chi connectivity index (χ2v) is 4.56. The number of aromatic nitrogens is 2. The predicted octanol–water partition coefficient (Wildman–Crippen LogP) is 1.96. The van der Waals surface area contributed by atoms with Gasteiger partial charge in [0.2, 0.25) is 0 Å². The number of rotatable bonds is 5. The van der Waals surface area contributed by atoms with E-state index in [-0.39, 0.29) is 0 Å². The molecular weight excluding hydrogens is 212 g/mol. The van der Waals surface area contributed by atoms with E-state index in [2.05, 4.69) is 46.4 Å². The Kier molecular flexibility index (Phi) is 4.31. The van der Waals surface area contributed by atoms with E-state index in [0.717, 1.165) is 31.1 Å². The lowest BCUT2D eigenvalue weighted by Gasteiger charge is -2.24. The van der Waals surface area contributed by atoms with Crippen molar-refractivity contribution in [3.05, 3.63) is 17.8 Å². The smallest absolute Gasteiger partial charge is 0.151 e. The van der Waals surface area contributed by atoms with E-state index in [9.17, 15) is 0 Å². The quantitative estimate of drug-likeness (QED) is 0.845. The number of hydrogen-bond donors (Lipinski definition) is 1. The normalized spacial score (nSPS) is 19.9. The molecule has 1 fully saturated rings. The Hall–Kier alpha value is -1.16. The van der Waals surface area contributed by atoms with Crippen molar-refractivity contribution in [2.24, 2.45) is 0 Å². The van der Waals surface area contributed by atoms with E-state index >= 15 is 0 Å². The lowest BCUT2D eigenvalue weighted by molar-refractivity contribution is 0.634. The topological polar surface area (TPSA) is 41.0 Å². The maximum absolute atomic E-state index is 4.35. The van der Waals surface area contributed by atoms with Crippen molar-refractivity contribution >= 4 is 5.82 Å². The van der Waals surface area contributed by atoms with Gasteiger partial charge in [0.15, 0.2) is 5.82 Å². The molecule has 1 aromatic heterocycles. The number of hydrogen-bond acceptors (Lipinski definition) is 4. The Morgan fingerprint density at radius 1 is 1.35 bits per heavy atom. The molecule has 2 heterocycles.